The average molecular weight is 254 g/mol. The number of aryl methyl sites for hydroxylation is 2. The lowest BCUT2D eigenvalue weighted by molar-refractivity contribution is 0.588. The van der Waals surface area contributed by atoms with Crippen LogP contribution in [-0.2, 0) is 6.54 Å². The van der Waals surface area contributed by atoms with Crippen molar-refractivity contribution in [3.63, 3.8) is 0 Å². The van der Waals surface area contributed by atoms with Gasteiger partial charge in [-0.1, -0.05) is 32.0 Å². The Labute approximate surface area is 115 Å². The van der Waals surface area contributed by atoms with E-state index in [4.69, 9.17) is 0 Å². The molecule has 19 heavy (non-hydrogen) atoms. The Morgan fingerprint density at radius 3 is 2.47 bits per heavy atom. The molecule has 0 fully saturated rings. The van der Waals surface area contributed by atoms with Crippen LogP contribution in [0.2, 0.25) is 0 Å². The van der Waals surface area contributed by atoms with Gasteiger partial charge < -0.3 is 5.32 Å². The summed E-state index contributed by atoms with van der Waals surface area (Å²) >= 11 is 0. The molecule has 0 aliphatic heterocycles. The predicted molar refractivity (Wildman–Crippen MR) is 81.1 cm³/mol. The fourth-order valence-corrected chi connectivity index (χ4v) is 1.99. The highest BCUT2D eigenvalue weighted by atomic mass is 14.9. The summed E-state index contributed by atoms with van der Waals surface area (Å²) in [4.78, 5) is 4.35. The Bertz CT molecular complexity index is 559. The molecule has 2 aromatic rings. The zero-order chi connectivity index (χ0) is 13.8. The highest BCUT2D eigenvalue weighted by Gasteiger charge is 2.02. The molecule has 0 aliphatic carbocycles. The van der Waals surface area contributed by atoms with Crippen molar-refractivity contribution in [1.82, 2.24) is 10.3 Å². The van der Waals surface area contributed by atoms with E-state index in [0.717, 1.165) is 6.54 Å². The summed E-state index contributed by atoms with van der Waals surface area (Å²) in [6.07, 6.45) is 3.86. The van der Waals surface area contributed by atoms with E-state index in [1.54, 1.807) is 0 Å². The van der Waals surface area contributed by atoms with Crippen LogP contribution in [0.1, 0.15) is 30.5 Å². The van der Waals surface area contributed by atoms with Crippen molar-refractivity contribution in [3.8, 4) is 11.1 Å². The Balaban J connectivity index is 2.24. The standard InChI is InChI=1S/C17H22N2/c1-12(2)19-10-15-8-17(11-18-9-15)16-6-5-13(3)14(4)7-16/h5-9,11-12,19H,10H2,1-4H3. The van der Waals surface area contributed by atoms with Crippen LogP contribution >= 0.6 is 0 Å². The SMILES string of the molecule is Cc1ccc(-c2cncc(CNC(C)C)c2)cc1C. The van der Waals surface area contributed by atoms with E-state index in [0.29, 0.717) is 6.04 Å². The van der Waals surface area contributed by atoms with Gasteiger partial charge in [0.25, 0.3) is 0 Å². The summed E-state index contributed by atoms with van der Waals surface area (Å²) in [6.45, 7) is 9.46. The van der Waals surface area contributed by atoms with Gasteiger partial charge in [-0.2, -0.15) is 0 Å². The molecule has 0 spiro atoms. The van der Waals surface area contributed by atoms with Crippen molar-refractivity contribution in [3.05, 3.63) is 53.3 Å². The Morgan fingerprint density at radius 2 is 1.79 bits per heavy atom. The van der Waals surface area contributed by atoms with Crippen molar-refractivity contribution >= 4 is 0 Å². The fraction of sp³-hybridized carbons (Fsp3) is 0.353. The number of rotatable bonds is 4. The molecule has 0 radical (unpaired) electrons. The maximum absolute atomic E-state index is 4.35. The molecule has 0 aliphatic rings. The maximum Gasteiger partial charge on any atom is 0.0346 e. The van der Waals surface area contributed by atoms with Crippen molar-refractivity contribution in [2.24, 2.45) is 0 Å². The van der Waals surface area contributed by atoms with Gasteiger partial charge in [-0.15, -0.1) is 0 Å². The van der Waals surface area contributed by atoms with Gasteiger partial charge in [-0.05, 0) is 42.2 Å². The lowest BCUT2D eigenvalue weighted by Gasteiger charge is -2.10. The minimum absolute atomic E-state index is 0.491. The van der Waals surface area contributed by atoms with Crippen LogP contribution in [0.15, 0.2) is 36.7 Å². The number of hydrogen-bond acceptors (Lipinski definition) is 2. The molecular formula is C17H22N2. The molecule has 100 valence electrons. The molecule has 1 aromatic carbocycles. The molecule has 0 saturated carbocycles. The number of pyridine rings is 1. The number of nitrogens with zero attached hydrogens (tertiary/aromatic N) is 1. The van der Waals surface area contributed by atoms with Gasteiger partial charge in [0.15, 0.2) is 0 Å². The first-order valence-corrected chi connectivity index (χ1v) is 6.81. The zero-order valence-corrected chi connectivity index (χ0v) is 12.2. The molecule has 0 atom stereocenters. The van der Waals surface area contributed by atoms with Crippen molar-refractivity contribution in [2.75, 3.05) is 0 Å². The molecule has 0 saturated heterocycles. The summed E-state index contributed by atoms with van der Waals surface area (Å²) in [5, 5.41) is 3.42. The van der Waals surface area contributed by atoms with Gasteiger partial charge in [-0.25, -0.2) is 0 Å². The largest absolute Gasteiger partial charge is 0.310 e. The van der Waals surface area contributed by atoms with Crippen molar-refractivity contribution in [1.29, 1.82) is 0 Å². The van der Waals surface area contributed by atoms with Gasteiger partial charge in [0, 0.05) is 30.5 Å². The van der Waals surface area contributed by atoms with Gasteiger partial charge in [-0.3, -0.25) is 4.98 Å². The highest BCUT2D eigenvalue weighted by Crippen LogP contribution is 2.22. The summed E-state index contributed by atoms with van der Waals surface area (Å²) < 4.78 is 0. The molecule has 2 heteroatoms. The molecule has 0 bridgehead atoms. The normalized spacial score (nSPS) is 11.0. The van der Waals surface area contributed by atoms with Crippen molar-refractivity contribution < 1.29 is 0 Å². The van der Waals surface area contributed by atoms with E-state index in [1.807, 2.05) is 12.4 Å². The molecule has 0 amide bonds. The summed E-state index contributed by atoms with van der Waals surface area (Å²) in [7, 11) is 0. The molecule has 1 heterocycles. The number of aromatic nitrogens is 1. The minimum atomic E-state index is 0.491. The first-order chi connectivity index (χ1) is 9.06. The second-order valence-corrected chi connectivity index (χ2v) is 5.42. The van der Waals surface area contributed by atoms with E-state index < -0.39 is 0 Å². The summed E-state index contributed by atoms with van der Waals surface area (Å²) in [5.41, 5.74) is 6.30. The molecule has 2 nitrogen and oxygen atoms in total. The van der Waals surface area contributed by atoms with Crippen LogP contribution in [-0.4, -0.2) is 11.0 Å². The lowest BCUT2D eigenvalue weighted by atomic mass is 10.0. The molecule has 0 unspecified atom stereocenters. The van der Waals surface area contributed by atoms with E-state index in [9.17, 15) is 0 Å². The quantitative estimate of drug-likeness (QED) is 0.896. The Kier molecular flexibility index (Phi) is 4.33. The average Bonchev–Trinajstić information content (AvgIpc) is 2.40. The van der Waals surface area contributed by atoms with Crippen molar-refractivity contribution in [2.45, 2.75) is 40.3 Å². The van der Waals surface area contributed by atoms with Crippen LogP contribution in [0.4, 0.5) is 0 Å². The molecule has 1 aromatic heterocycles. The Morgan fingerprint density at radius 1 is 1.00 bits per heavy atom. The monoisotopic (exact) mass is 254 g/mol. The first kappa shape index (κ1) is 13.8. The second kappa shape index (κ2) is 5.98. The van der Waals surface area contributed by atoms with Crippen LogP contribution in [0.5, 0.6) is 0 Å². The van der Waals surface area contributed by atoms with Crippen LogP contribution in [0.25, 0.3) is 11.1 Å². The minimum Gasteiger partial charge on any atom is -0.310 e. The topological polar surface area (TPSA) is 24.9 Å². The third kappa shape index (κ3) is 3.65. The van der Waals surface area contributed by atoms with Gasteiger partial charge >= 0.3 is 0 Å². The molecule has 2 rings (SSSR count). The fourth-order valence-electron chi connectivity index (χ4n) is 1.99. The molecule has 1 N–H and O–H groups in total. The van der Waals surface area contributed by atoms with Crippen LogP contribution in [0, 0.1) is 13.8 Å². The number of nitrogens with one attached hydrogen (secondary N) is 1. The van der Waals surface area contributed by atoms with Gasteiger partial charge in [0.1, 0.15) is 0 Å². The molecular weight excluding hydrogens is 232 g/mol. The van der Waals surface area contributed by atoms with Gasteiger partial charge in [0.05, 0.1) is 0 Å². The second-order valence-electron chi connectivity index (χ2n) is 5.42. The summed E-state index contributed by atoms with van der Waals surface area (Å²) in [6, 6.07) is 9.27. The summed E-state index contributed by atoms with van der Waals surface area (Å²) in [5.74, 6) is 0. The van der Waals surface area contributed by atoms with E-state index in [2.05, 4.69) is 62.3 Å². The maximum atomic E-state index is 4.35. The zero-order valence-electron chi connectivity index (χ0n) is 12.2. The first-order valence-electron chi connectivity index (χ1n) is 6.81. The number of benzene rings is 1. The smallest absolute Gasteiger partial charge is 0.0346 e. The van der Waals surface area contributed by atoms with E-state index >= 15 is 0 Å². The third-order valence-corrected chi connectivity index (χ3v) is 3.35. The predicted octanol–water partition coefficient (Wildman–Crippen LogP) is 3.86. The van der Waals surface area contributed by atoms with Crippen LogP contribution < -0.4 is 5.32 Å². The lowest BCUT2D eigenvalue weighted by Crippen LogP contribution is -2.21. The van der Waals surface area contributed by atoms with Gasteiger partial charge in [0.2, 0.25) is 0 Å². The van der Waals surface area contributed by atoms with E-state index in [1.165, 1.54) is 27.8 Å². The number of hydrogen-bond donors (Lipinski definition) is 1. The van der Waals surface area contributed by atoms with Crippen LogP contribution in [0.3, 0.4) is 0 Å². The van der Waals surface area contributed by atoms with E-state index in [-0.39, 0.29) is 0 Å². The Hall–Kier alpha value is -1.67. The third-order valence-electron chi connectivity index (χ3n) is 3.35. The highest BCUT2D eigenvalue weighted by molar-refractivity contribution is 5.64.